The fourth-order valence-electron chi connectivity index (χ4n) is 6.62. The van der Waals surface area contributed by atoms with Crippen molar-refractivity contribution in [3.8, 4) is 0 Å². The van der Waals surface area contributed by atoms with Crippen LogP contribution in [0.2, 0.25) is 18.1 Å². The zero-order chi connectivity index (χ0) is 44.3. The third-order valence-corrected chi connectivity index (χ3v) is 15.6. The third-order valence-electron chi connectivity index (χ3n) is 11.2. The number of carbonyl (C=O) groups excluding carboxylic acids is 2. The van der Waals surface area contributed by atoms with E-state index in [1.165, 1.54) is 43.1 Å². The van der Waals surface area contributed by atoms with Gasteiger partial charge in [-0.15, -0.1) is 0 Å². The van der Waals surface area contributed by atoms with Gasteiger partial charge in [-0.1, -0.05) is 57.2 Å². The topological polar surface area (TPSA) is 108 Å². The molecule has 3 aromatic carbocycles. The van der Waals surface area contributed by atoms with E-state index >= 15 is 0 Å². The second-order valence-corrected chi connectivity index (χ2v) is 21.2. The molecule has 59 heavy (non-hydrogen) atoms. The minimum absolute atomic E-state index is 0.00895. The molecule has 0 saturated carbocycles. The number of aliphatic carboxylic acids is 1. The van der Waals surface area contributed by atoms with Crippen molar-refractivity contribution in [2.24, 2.45) is 0 Å². The molecule has 1 aliphatic heterocycles. The highest BCUT2D eigenvalue weighted by Crippen LogP contribution is 2.44. The lowest BCUT2D eigenvalue weighted by atomic mass is 9.77. The van der Waals surface area contributed by atoms with Gasteiger partial charge in [0.2, 0.25) is 0 Å². The fourth-order valence-corrected chi connectivity index (χ4v) is 7.65. The maximum absolute atomic E-state index is 14.5. The molecule has 1 saturated heterocycles. The Kier molecular flexibility index (Phi) is 14.0. The van der Waals surface area contributed by atoms with E-state index in [2.05, 4.69) is 5.32 Å². The predicted molar refractivity (Wildman–Crippen MR) is 209 cm³/mol. The molecule has 1 fully saturated rings. The number of hydrogen-bond donors (Lipinski definition) is 2. The number of rotatable bonds is 11. The second kappa shape index (κ2) is 17.7. The van der Waals surface area contributed by atoms with Crippen molar-refractivity contribution < 1.29 is 59.4 Å². The summed E-state index contributed by atoms with van der Waals surface area (Å²) in [6.45, 7) is 12.2. The standard InChI is InChI=1S/C42H50F7N3O6Si/c1-26-20-32(43)14-15-33(26)34-24-40(50-37(55)57-25-28-12-10-9-11-13-28,17-16-35(36(53)54)58-59(7,8)39(3,4)5)18-19-52(34)38(56)51(6)27(2)29-21-30(41(44,45)46)23-31(22-29)42(47,48)49/h9-16,20-23,27,34H,17-19,24-25H2,1-8H3,(H,50,55)(H,53,54)/t27-,34+,40-/m0/s1. The van der Waals surface area contributed by atoms with Gasteiger partial charge in [-0.3, -0.25) is 0 Å². The molecule has 9 nitrogen and oxygen atoms in total. The summed E-state index contributed by atoms with van der Waals surface area (Å²) in [4.78, 5) is 43.0. The first-order valence-electron chi connectivity index (χ1n) is 18.8. The lowest BCUT2D eigenvalue weighted by Crippen LogP contribution is -2.58. The molecule has 3 atom stereocenters. The van der Waals surface area contributed by atoms with Crippen molar-refractivity contribution in [2.45, 2.75) is 109 Å². The normalized spacial score (nSPS) is 18.5. The van der Waals surface area contributed by atoms with Crippen LogP contribution >= 0.6 is 0 Å². The molecule has 4 rings (SSSR count). The first-order valence-corrected chi connectivity index (χ1v) is 21.8. The quantitative estimate of drug-likeness (QED) is 0.0861. The maximum atomic E-state index is 14.5. The Morgan fingerprint density at radius 1 is 0.983 bits per heavy atom. The molecule has 2 N–H and O–H groups in total. The van der Waals surface area contributed by atoms with Crippen LogP contribution in [-0.4, -0.2) is 60.4 Å². The van der Waals surface area contributed by atoms with E-state index in [1.807, 2.05) is 33.9 Å². The van der Waals surface area contributed by atoms with Gasteiger partial charge in [0.05, 0.1) is 28.7 Å². The summed E-state index contributed by atoms with van der Waals surface area (Å²) in [5, 5.41) is 12.8. The minimum Gasteiger partial charge on any atom is -0.539 e. The van der Waals surface area contributed by atoms with E-state index in [9.17, 15) is 50.2 Å². The number of carbonyl (C=O) groups is 3. The zero-order valence-corrected chi connectivity index (χ0v) is 35.1. The van der Waals surface area contributed by atoms with Gasteiger partial charge in [0.25, 0.3) is 8.32 Å². The van der Waals surface area contributed by atoms with Crippen LogP contribution in [0.15, 0.2) is 78.6 Å². The lowest BCUT2D eigenvalue weighted by molar-refractivity contribution is -0.143. The van der Waals surface area contributed by atoms with E-state index in [4.69, 9.17) is 9.16 Å². The Hall–Kier alpha value is -5.06. The van der Waals surface area contributed by atoms with Crippen molar-refractivity contribution in [3.05, 3.63) is 118 Å². The first-order chi connectivity index (χ1) is 27.1. The average molecular weight is 854 g/mol. The molecule has 0 aromatic heterocycles. The molecule has 322 valence electrons. The van der Waals surface area contributed by atoms with Crippen molar-refractivity contribution in [1.82, 2.24) is 15.1 Å². The van der Waals surface area contributed by atoms with Crippen LogP contribution in [0.25, 0.3) is 0 Å². The van der Waals surface area contributed by atoms with Gasteiger partial charge >= 0.3 is 30.4 Å². The molecule has 1 aliphatic rings. The summed E-state index contributed by atoms with van der Waals surface area (Å²) >= 11 is 0. The zero-order valence-electron chi connectivity index (χ0n) is 34.1. The van der Waals surface area contributed by atoms with Crippen LogP contribution in [0.4, 0.5) is 40.3 Å². The second-order valence-electron chi connectivity index (χ2n) is 16.5. The fraction of sp³-hybridized carbons (Fsp3) is 0.452. The maximum Gasteiger partial charge on any atom is 0.416 e. The smallest absolute Gasteiger partial charge is 0.416 e. The van der Waals surface area contributed by atoms with Crippen LogP contribution < -0.4 is 5.32 Å². The Labute approximate surface area is 340 Å². The summed E-state index contributed by atoms with van der Waals surface area (Å²) in [6, 6.07) is 10.8. The van der Waals surface area contributed by atoms with E-state index in [0.29, 0.717) is 28.8 Å². The summed E-state index contributed by atoms with van der Waals surface area (Å²) in [5.74, 6) is -2.26. The highest BCUT2D eigenvalue weighted by molar-refractivity contribution is 6.74. The Bertz CT molecular complexity index is 2000. The number of nitrogens with one attached hydrogen (secondary N) is 1. The number of likely N-dealkylation sites (tertiary alicyclic amines) is 1. The largest absolute Gasteiger partial charge is 0.539 e. The van der Waals surface area contributed by atoms with Crippen molar-refractivity contribution in [2.75, 3.05) is 13.6 Å². The first kappa shape index (κ1) is 46.6. The van der Waals surface area contributed by atoms with Gasteiger partial charge in [-0.25, -0.2) is 18.8 Å². The SMILES string of the molecule is Cc1cc(F)ccc1[C@H]1C[C@@](CC=C(O[Si](C)(C)C(C)(C)C)C(=O)O)(NC(=O)OCc2ccccc2)CCN1C(=O)N(C)[C@@H](C)c1cc(C(F)(F)F)cc(C(F)(F)F)c1. The number of amides is 3. The van der Waals surface area contributed by atoms with Crippen LogP contribution in [0.3, 0.4) is 0 Å². The number of benzene rings is 3. The molecule has 0 bridgehead atoms. The number of alkyl carbamates (subject to hydrolysis) is 1. The minimum atomic E-state index is -5.11. The summed E-state index contributed by atoms with van der Waals surface area (Å²) in [7, 11) is -1.44. The van der Waals surface area contributed by atoms with Crippen LogP contribution in [0.5, 0.6) is 0 Å². The van der Waals surface area contributed by atoms with Gasteiger partial charge in [-0.05, 0) is 110 Å². The molecule has 0 aliphatic carbocycles. The number of ether oxygens (including phenoxy) is 1. The number of aryl methyl sites for hydroxylation is 1. The Morgan fingerprint density at radius 2 is 1.58 bits per heavy atom. The molecule has 3 amide bonds. The number of carboxylic acid groups (broad SMARTS) is 1. The molecule has 17 heteroatoms. The number of hydrogen-bond acceptors (Lipinski definition) is 5. The van der Waals surface area contributed by atoms with Gasteiger partial charge in [0, 0.05) is 13.6 Å². The number of carboxylic acids is 1. The van der Waals surface area contributed by atoms with Crippen molar-refractivity contribution in [3.63, 3.8) is 0 Å². The van der Waals surface area contributed by atoms with Gasteiger partial charge in [0.1, 0.15) is 12.4 Å². The molecule has 0 unspecified atom stereocenters. The number of halogens is 7. The molecular weight excluding hydrogens is 804 g/mol. The van der Waals surface area contributed by atoms with Gasteiger partial charge < -0.3 is 29.4 Å². The lowest BCUT2D eigenvalue weighted by Gasteiger charge is -2.48. The molecule has 3 aromatic rings. The molecule has 0 radical (unpaired) electrons. The number of urea groups is 1. The predicted octanol–water partition coefficient (Wildman–Crippen LogP) is 11.2. The van der Waals surface area contributed by atoms with E-state index in [0.717, 1.165) is 4.90 Å². The summed E-state index contributed by atoms with van der Waals surface area (Å²) in [5.41, 5.74) is -3.28. The van der Waals surface area contributed by atoms with E-state index < -0.39 is 78.9 Å². The van der Waals surface area contributed by atoms with E-state index in [-0.39, 0.29) is 49.3 Å². The monoisotopic (exact) mass is 853 g/mol. The number of alkyl halides is 6. The average Bonchev–Trinajstić information content (AvgIpc) is 3.13. The Balaban J connectivity index is 1.78. The summed E-state index contributed by atoms with van der Waals surface area (Å²) in [6.07, 6.45) is -9.94. The van der Waals surface area contributed by atoms with Crippen LogP contribution in [0.1, 0.15) is 92.4 Å². The molecule has 0 spiro atoms. The van der Waals surface area contributed by atoms with E-state index in [1.54, 1.807) is 37.3 Å². The highest BCUT2D eigenvalue weighted by atomic mass is 28.4. The Morgan fingerprint density at radius 3 is 2.10 bits per heavy atom. The molecule has 1 heterocycles. The number of nitrogens with zero attached hydrogens (tertiary/aromatic N) is 2. The van der Waals surface area contributed by atoms with Crippen molar-refractivity contribution >= 4 is 26.4 Å². The summed E-state index contributed by atoms with van der Waals surface area (Å²) < 4.78 is 109. The molecular formula is C42H50F7N3O6Si. The van der Waals surface area contributed by atoms with Crippen LogP contribution in [-0.2, 0) is 32.9 Å². The van der Waals surface area contributed by atoms with Crippen LogP contribution in [0, 0.1) is 12.7 Å². The third kappa shape index (κ3) is 11.6. The number of piperidine rings is 1. The van der Waals surface area contributed by atoms with Crippen molar-refractivity contribution in [1.29, 1.82) is 0 Å². The van der Waals surface area contributed by atoms with Gasteiger partial charge in [-0.2, -0.15) is 26.3 Å². The highest BCUT2D eigenvalue weighted by Gasteiger charge is 2.46. The van der Waals surface area contributed by atoms with Gasteiger partial charge in [0.15, 0.2) is 5.76 Å².